The predicted octanol–water partition coefficient (Wildman–Crippen LogP) is -0.337. The van der Waals surface area contributed by atoms with Crippen LogP contribution in [0.3, 0.4) is 0 Å². The Labute approximate surface area is 89.7 Å². The van der Waals surface area contributed by atoms with Crippen molar-refractivity contribution in [3.05, 3.63) is 0 Å². The zero-order valence-electron chi connectivity index (χ0n) is 8.89. The number of carbonyl (C=O) groups is 1. The van der Waals surface area contributed by atoms with Gasteiger partial charge >= 0.3 is 5.97 Å². The van der Waals surface area contributed by atoms with Crippen LogP contribution in [0.15, 0.2) is 0 Å². The van der Waals surface area contributed by atoms with Crippen molar-refractivity contribution in [3.8, 4) is 0 Å². The van der Waals surface area contributed by atoms with Crippen molar-refractivity contribution in [2.45, 2.75) is 13.3 Å². The summed E-state index contributed by atoms with van der Waals surface area (Å²) in [7, 11) is -1.94. The Balaban J connectivity index is 3.88. The van der Waals surface area contributed by atoms with E-state index >= 15 is 0 Å². The van der Waals surface area contributed by atoms with Gasteiger partial charge in [0.05, 0.1) is 12.2 Å². The van der Waals surface area contributed by atoms with Gasteiger partial charge in [-0.25, -0.2) is 13.1 Å². The van der Waals surface area contributed by atoms with E-state index in [0.717, 1.165) is 0 Å². The molecule has 0 amide bonds. The summed E-state index contributed by atoms with van der Waals surface area (Å²) in [5.41, 5.74) is 0. The fraction of sp³-hybridized carbons (Fsp3) is 0.875. The SMILES string of the molecule is COCC(C)CNS(=O)(=O)CCC(=O)O. The molecule has 0 aromatic carbocycles. The van der Waals surface area contributed by atoms with Gasteiger partial charge in [0.1, 0.15) is 0 Å². The van der Waals surface area contributed by atoms with Gasteiger partial charge in [0.2, 0.25) is 10.0 Å². The highest BCUT2D eigenvalue weighted by Crippen LogP contribution is 1.96. The number of ether oxygens (including phenoxy) is 1. The average molecular weight is 239 g/mol. The molecule has 0 aliphatic heterocycles. The lowest BCUT2D eigenvalue weighted by Crippen LogP contribution is -2.32. The van der Waals surface area contributed by atoms with Crippen LogP contribution in [0.2, 0.25) is 0 Å². The Kier molecular flexibility index (Phi) is 6.46. The van der Waals surface area contributed by atoms with E-state index in [1.807, 2.05) is 6.92 Å². The van der Waals surface area contributed by atoms with Crippen molar-refractivity contribution in [1.82, 2.24) is 4.72 Å². The molecule has 90 valence electrons. The molecule has 7 heteroatoms. The monoisotopic (exact) mass is 239 g/mol. The first-order valence-corrected chi connectivity index (χ1v) is 6.20. The van der Waals surface area contributed by atoms with Crippen LogP contribution >= 0.6 is 0 Å². The Morgan fingerprint density at radius 2 is 2.13 bits per heavy atom. The maximum Gasteiger partial charge on any atom is 0.304 e. The summed E-state index contributed by atoms with van der Waals surface area (Å²) < 4.78 is 29.6. The number of hydrogen-bond acceptors (Lipinski definition) is 4. The van der Waals surface area contributed by atoms with Crippen LogP contribution in [0.25, 0.3) is 0 Å². The Morgan fingerprint density at radius 1 is 1.53 bits per heavy atom. The van der Waals surface area contributed by atoms with Gasteiger partial charge in [-0.2, -0.15) is 0 Å². The third-order valence-corrected chi connectivity index (χ3v) is 3.04. The Hall–Kier alpha value is -0.660. The van der Waals surface area contributed by atoms with Crippen molar-refractivity contribution >= 4 is 16.0 Å². The number of methoxy groups -OCH3 is 1. The van der Waals surface area contributed by atoms with Gasteiger partial charge < -0.3 is 9.84 Å². The molecule has 1 atom stereocenters. The predicted molar refractivity (Wildman–Crippen MR) is 55.1 cm³/mol. The number of aliphatic carboxylic acids is 1. The number of carboxylic acids is 1. The number of hydrogen-bond donors (Lipinski definition) is 2. The smallest absolute Gasteiger partial charge is 0.304 e. The van der Waals surface area contributed by atoms with Gasteiger partial charge in [-0.15, -0.1) is 0 Å². The van der Waals surface area contributed by atoms with Crippen LogP contribution < -0.4 is 4.72 Å². The molecule has 0 aliphatic carbocycles. The van der Waals surface area contributed by atoms with Gasteiger partial charge in [0.15, 0.2) is 0 Å². The van der Waals surface area contributed by atoms with Crippen molar-refractivity contribution < 1.29 is 23.1 Å². The summed E-state index contributed by atoms with van der Waals surface area (Å²) >= 11 is 0. The third kappa shape index (κ3) is 8.34. The van der Waals surface area contributed by atoms with Crippen molar-refractivity contribution in [2.24, 2.45) is 5.92 Å². The molecular weight excluding hydrogens is 222 g/mol. The topological polar surface area (TPSA) is 92.7 Å². The van der Waals surface area contributed by atoms with Gasteiger partial charge in [-0.05, 0) is 5.92 Å². The van der Waals surface area contributed by atoms with E-state index in [9.17, 15) is 13.2 Å². The van der Waals surface area contributed by atoms with E-state index in [4.69, 9.17) is 9.84 Å². The zero-order chi connectivity index (χ0) is 11.9. The van der Waals surface area contributed by atoms with Crippen LogP contribution in [0.4, 0.5) is 0 Å². The second-order valence-electron chi connectivity index (χ2n) is 3.37. The molecule has 2 N–H and O–H groups in total. The van der Waals surface area contributed by atoms with Crippen LogP contribution in [0.5, 0.6) is 0 Å². The lowest BCUT2D eigenvalue weighted by atomic mass is 10.2. The maximum atomic E-state index is 11.2. The van der Waals surface area contributed by atoms with Gasteiger partial charge in [-0.1, -0.05) is 6.92 Å². The van der Waals surface area contributed by atoms with E-state index in [-0.39, 0.29) is 24.6 Å². The largest absolute Gasteiger partial charge is 0.481 e. The minimum atomic E-state index is -3.48. The first kappa shape index (κ1) is 14.3. The summed E-state index contributed by atoms with van der Waals surface area (Å²) in [6.45, 7) is 2.56. The fourth-order valence-corrected chi connectivity index (χ4v) is 2.03. The quantitative estimate of drug-likeness (QED) is 0.604. The minimum absolute atomic E-state index is 0.0644. The van der Waals surface area contributed by atoms with E-state index in [2.05, 4.69) is 4.72 Å². The van der Waals surface area contributed by atoms with Crippen LogP contribution in [0.1, 0.15) is 13.3 Å². The molecule has 0 spiro atoms. The first-order valence-electron chi connectivity index (χ1n) is 4.55. The van der Waals surface area contributed by atoms with E-state index in [1.54, 1.807) is 0 Å². The molecule has 0 fully saturated rings. The van der Waals surface area contributed by atoms with Crippen LogP contribution in [-0.2, 0) is 19.6 Å². The molecule has 0 radical (unpaired) electrons. The molecule has 1 unspecified atom stereocenters. The van der Waals surface area contributed by atoms with Crippen molar-refractivity contribution in [2.75, 3.05) is 26.0 Å². The molecule has 0 aromatic heterocycles. The average Bonchev–Trinajstić information content (AvgIpc) is 2.13. The van der Waals surface area contributed by atoms with Gasteiger partial charge in [0.25, 0.3) is 0 Å². The van der Waals surface area contributed by atoms with E-state index in [0.29, 0.717) is 6.61 Å². The Morgan fingerprint density at radius 3 is 2.60 bits per heavy atom. The highest BCUT2D eigenvalue weighted by atomic mass is 32.2. The molecule has 0 aliphatic rings. The number of sulfonamides is 1. The molecule has 15 heavy (non-hydrogen) atoms. The van der Waals surface area contributed by atoms with Crippen LogP contribution in [-0.4, -0.2) is 45.5 Å². The zero-order valence-corrected chi connectivity index (χ0v) is 9.71. The maximum absolute atomic E-state index is 11.2. The summed E-state index contributed by atoms with van der Waals surface area (Å²) in [5, 5.41) is 8.33. The first-order chi connectivity index (χ1) is 6.87. The standard InChI is InChI=1S/C8H17NO5S/c1-7(6-14-2)5-9-15(12,13)4-3-8(10)11/h7,9H,3-6H2,1-2H3,(H,10,11). The summed E-state index contributed by atoms with van der Waals surface area (Å²) in [6.07, 6.45) is -0.381. The fourth-order valence-electron chi connectivity index (χ4n) is 0.907. The van der Waals surface area contributed by atoms with Crippen molar-refractivity contribution in [1.29, 1.82) is 0 Å². The van der Waals surface area contributed by atoms with E-state index in [1.165, 1.54) is 7.11 Å². The molecule has 6 nitrogen and oxygen atoms in total. The molecule has 0 aromatic rings. The van der Waals surface area contributed by atoms with Crippen LogP contribution in [0, 0.1) is 5.92 Å². The highest BCUT2D eigenvalue weighted by molar-refractivity contribution is 7.89. The van der Waals surface area contributed by atoms with E-state index < -0.39 is 16.0 Å². The normalized spacial score (nSPS) is 13.7. The second-order valence-corrected chi connectivity index (χ2v) is 5.30. The second kappa shape index (κ2) is 6.76. The minimum Gasteiger partial charge on any atom is -0.481 e. The highest BCUT2D eigenvalue weighted by Gasteiger charge is 2.13. The number of carboxylic acid groups (broad SMARTS) is 1. The van der Waals surface area contributed by atoms with Gasteiger partial charge in [0, 0.05) is 20.3 Å². The molecule has 0 rings (SSSR count). The number of rotatable bonds is 8. The molecule has 0 heterocycles. The molecular formula is C8H17NO5S. The molecule has 0 bridgehead atoms. The molecule has 0 saturated heterocycles. The summed E-state index contributed by atoms with van der Waals surface area (Å²) in [6, 6.07) is 0. The summed E-state index contributed by atoms with van der Waals surface area (Å²) in [4.78, 5) is 10.2. The lowest BCUT2D eigenvalue weighted by molar-refractivity contribution is -0.136. The van der Waals surface area contributed by atoms with Crippen molar-refractivity contribution in [3.63, 3.8) is 0 Å². The summed E-state index contributed by atoms with van der Waals surface area (Å²) in [5.74, 6) is -1.44. The molecule has 0 saturated carbocycles. The lowest BCUT2D eigenvalue weighted by Gasteiger charge is -2.11. The third-order valence-electron chi connectivity index (χ3n) is 1.69. The Bertz CT molecular complexity index is 287. The number of nitrogens with one attached hydrogen (secondary N) is 1. The van der Waals surface area contributed by atoms with Gasteiger partial charge in [-0.3, -0.25) is 4.79 Å².